The highest BCUT2D eigenvalue weighted by atomic mass is 32.2. The van der Waals surface area contributed by atoms with Crippen molar-refractivity contribution in [1.82, 2.24) is 4.98 Å². The Morgan fingerprint density at radius 1 is 1.37 bits per heavy atom. The number of aryl methyl sites for hydroxylation is 1. The van der Waals surface area contributed by atoms with Crippen LogP contribution in [-0.4, -0.2) is 32.3 Å². The number of rotatable bonds is 2. The SMILES string of the molecule is CC1SCC(C(=O)C2CCc3cccnc32)SC1C. The first kappa shape index (κ1) is 13.5. The standard InChI is InChI=1S/C15H19NOS2/c1-9-10(2)19-13(8-18-9)15(17)12-6-5-11-4-3-7-16-14(11)12/h3-4,7,9-10,12-13H,5-6,8H2,1-2H3. The molecule has 0 spiro atoms. The summed E-state index contributed by atoms with van der Waals surface area (Å²) in [5.41, 5.74) is 2.32. The fraction of sp³-hybridized carbons (Fsp3) is 0.600. The topological polar surface area (TPSA) is 30.0 Å². The summed E-state index contributed by atoms with van der Waals surface area (Å²) >= 11 is 3.81. The van der Waals surface area contributed by atoms with E-state index in [1.54, 1.807) is 0 Å². The van der Waals surface area contributed by atoms with Crippen LogP contribution in [0, 0.1) is 0 Å². The van der Waals surface area contributed by atoms with Gasteiger partial charge in [-0.2, -0.15) is 11.8 Å². The fourth-order valence-corrected chi connectivity index (χ4v) is 5.78. The number of aromatic nitrogens is 1. The zero-order chi connectivity index (χ0) is 13.4. The Labute approximate surface area is 123 Å². The van der Waals surface area contributed by atoms with Gasteiger partial charge in [-0.15, -0.1) is 11.8 Å². The number of pyridine rings is 1. The van der Waals surface area contributed by atoms with E-state index in [0.29, 0.717) is 16.3 Å². The Hall–Kier alpha value is -0.480. The Morgan fingerprint density at radius 3 is 3.00 bits per heavy atom. The summed E-state index contributed by atoms with van der Waals surface area (Å²) in [6, 6.07) is 4.09. The number of thioether (sulfide) groups is 2. The van der Waals surface area contributed by atoms with Gasteiger partial charge in [-0.25, -0.2) is 0 Å². The molecule has 102 valence electrons. The molecule has 4 heteroatoms. The summed E-state index contributed by atoms with van der Waals surface area (Å²) in [6.45, 7) is 4.50. The van der Waals surface area contributed by atoms with Crippen molar-refractivity contribution in [3.05, 3.63) is 29.6 Å². The fourth-order valence-electron chi connectivity index (χ4n) is 2.85. The molecule has 0 bridgehead atoms. The van der Waals surface area contributed by atoms with Crippen molar-refractivity contribution >= 4 is 29.3 Å². The van der Waals surface area contributed by atoms with E-state index in [0.717, 1.165) is 24.3 Å². The van der Waals surface area contributed by atoms with E-state index in [1.807, 2.05) is 35.8 Å². The molecule has 2 heterocycles. The number of hydrogen-bond donors (Lipinski definition) is 0. The van der Waals surface area contributed by atoms with E-state index >= 15 is 0 Å². The molecule has 19 heavy (non-hydrogen) atoms. The van der Waals surface area contributed by atoms with Crippen LogP contribution in [0.2, 0.25) is 0 Å². The second-order valence-corrected chi connectivity index (χ2v) is 8.40. The van der Waals surface area contributed by atoms with Gasteiger partial charge in [0.2, 0.25) is 0 Å². The molecule has 2 aliphatic rings. The van der Waals surface area contributed by atoms with Gasteiger partial charge in [0.05, 0.1) is 16.9 Å². The third kappa shape index (κ3) is 2.57. The highest BCUT2D eigenvalue weighted by molar-refractivity contribution is 8.08. The lowest BCUT2D eigenvalue weighted by molar-refractivity contribution is -0.119. The van der Waals surface area contributed by atoms with Crippen molar-refractivity contribution in [2.24, 2.45) is 0 Å². The highest BCUT2D eigenvalue weighted by Crippen LogP contribution is 2.40. The van der Waals surface area contributed by atoms with E-state index < -0.39 is 0 Å². The third-order valence-corrected chi connectivity index (χ3v) is 7.58. The van der Waals surface area contributed by atoms with E-state index in [9.17, 15) is 4.79 Å². The zero-order valence-electron chi connectivity index (χ0n) is 11.3. The first-order valence-electron chi connectivity index (χ1n) is 6.91. The Kier molecular flexibility index (Phi) is 3.90. The van der Waals surface area contributed by atoms with Crippen LogP contribution in [0.25, 0.3) is 0 Å². The van der Waals surface area contributed by atoms with Crippen molar-refractivity contribution in [2.75, 3.05) is 5.75 Å². The maximum atomic E-state index is 12.7. The van der Waals surface area contributed by atoms with Crippen molar-refractivity contribution < 1.29 is 4.79 Å². The third-order valence-electron chi connectivity index (χ3n) is 4.17. The number of fused-ring (bicyclic) bond motifs is 1. The van der Waals surface area contributed by atoms with Gasteiger partial charge in [0, 0.05) is 22.4 Å². The van der Waals surface area contributed by atoms with Crippen LogP contribution in [0.4, 0.5) is 0 Å². The number of carbonyl (C=O) groups excluding carboxylic acids is 1. The number of hydrogen-bond acceptors (Lipinski definition) is 4. The lowest BCUT2D eigenvalue weighted by Crippen LogP contribution is -2.34. The van der Waals surface area contributed by atoms with Gasteiger partial charge in [0.25, 0.3) is 0 Å². The summed E-state index contributed by atoms with van der Waals surface area (Å²) in [7, 11) is 0. The average molecular weight is 293 g/mol. The Bertz CT molecular complexity index is 491. The van der Waals surface area contributed by atoms with Crippen molar-refractivity contribution in [1.29, 1.82) is 0 Å². The molecule has 4 atom stereocenters. The molecule has 1 saturated heterocycles. The molecule has 3 rings (SSSR count). The lowest BCUT2D eigenvalue weighted by Gasteiger charge is -2.31. The predicted molar refractivity (Wildman–Crippen MR) is 83.1 cm³/mol. The van der Waals surface area contributed by atoms with Gasteiger partial charge in [0.1, 0.15) is 0 Å². The van der Waals surface area contributed by atoms with Crippen LogP contribution in [-0.2, 0) is 11.2 Å². The number of Topliss-reactive ketones (excluding diaryl/α,β-unsaturated/α-hetero) is 1. The summed E-state index contributed by atoms with van der Waals surface area (Å²) in [4.78, 5) is 17.2. The molecule has 0 amide bonds. The normalized spacial score (nSPS) is 34.0. The molecule has 1 fully saturated rings. The van der Waals surface area contributed by atoms with Crippen LogP contribution < -0.4 is 0 Å². The van der Waals surface area contributed by atoms with Gasteiger partial charge >= 0.3 is 0 Å². The van der Waals surface area contributed by atoms with Gasteiger partial charge in [-0.3, -0.25) is 9.78 Å². The molecule has 1 aromatic heterocycles. The molecule has 0 N–H and O–H groups in total. The minimum Gasteiger partial charge on any atom is -0.298 e. The first-order valence-corrected chi connectivity index (χ1v) is 8.90. The molecule has 1 aliphatic heterocycles. The number of carbonyl (C=O) groups is 1. The Balaban J connectivity index is 1.75. The minimum atomic E-state index is 0.0508. The van der Waals surface area contributed by atoms with E-state index in [-0.39, 0.29) is 11.2 Å². The summed E-state index contributed by atoms with van der Waals surface area (Å²) in [6.07, 6.45) is 3.78. The van der Waals surface area contributed by atoms with E-state index in [2.05, 4.69) is 24.9 Å². The molecule has 1 aliphatic carbocycles. The molecular formula is C15H19NOS2. The van der Waals surface area contributed by atoms with Crippen LogP contribution >= 0.6 is 23.5 Å². The molecule has 0 saturated carbocycles. The predicted octanol–water partition coefficient (Wildman–Crippen LogP) is 3.31. The van der Waals surface area contributed by atoms with Gasteiger partial charge < -0.3 is 0 Å². The number of ketones is 1. The minimum absolute atomic E-state index is 0.0508. The highest BCUT2D eigenvalue weighted by Gasteiger charge is 2.37. The molecule has 2 nitrogen and oxygen atoms in total. The molecule has 1 aromatic rings. The summed E-state index contributed by atoms with van der Waals surface area (Å²) in [5, 5.41) is 1.38. The van der Waals surface area contributed by atoms with Crippen LogP contribution in [0.3, 0.4) is 0 Å². The van der Waals surface area contributed by atoms with Crippen LogP contribution in [0.1, 0.15) is 37.4 Å². The van der Waals surface area contributed by atoms with Crippen molar-refractivity contribution in [3.8, 4) is 0 Å². The zero-order valence-corrected chi connectivity index (χ0v) is 13.0. The van der Waals surface area contributed by atoms with Crippen molar-refractivity contribution in [2.45, 2.75) is 48.4 Å². The maximum absolute atomic E-state index is 12.7. The Morgan fingerprint density at radius 2 is 2.21 bits per heavy atom. The summed E-state index contributed by atoms with van der Waals surface area (Å²) in [5.74, 6) is 1.43. The lowest BCUT2D eigenvalue weighted by atomic mass is 9.99. The molecule has 4 unspecified atom stereocenters. The second kappa shape index (κ2) is 5.49. The van der Waals surface area contributed by atoms with Crippen LogP contribution in [0.15, 0.2) is 18.3 Å². The molecule has 0 aromatic carbocycles. The summed E-state index contributed by atoms with van der Waals surface area (Å²) < 4.78 is 0. The van der Waals surface area contributed by atoms with Gasteiger partial charge in [-0.1, -0.05) is 19.9 Å². The first-order chi connectivity index (χ1) is 9.16. The molecular weight excluding hydrogens is 274 g/mol. The monoisotopic (exact) mass is 293 g/mol. The number of nitrogens with zero attached hydrogens (tertiary/aromatic N) is 1. The van der Waals surface area contributed by atoms with Crippen LogP contribution in [0.5, 0.6) is 0 Å². The quantitative estimate of drug-likeness (QED) is 0.837. The smallest absolute Gasteiger partial charge is 0.155 e. The van der Waals surface area contributed by atoms with E-state index in [4.69, 9.17) is 0 Å². The largest absolute Gasteiger partial charge is 0.298 e. The van der Waals surface area contributed by atoms with Gasteiger partial charge in [0.15, 0.2) is 5.78 Å². The second-order valence-electron chi connectivity index (χ2n) is 5.41. The van der Waals surface area contributed by atoms with Gasteiger partial charge in [-0.05, 0) is 24.5 Å². The maximum Gasteiger partial charge on any atom is 0.155 e. The average Bonchev–Trinajstić information content (AvgIpc) is 2.85. The molecule has 0 radical (unpaired) electrons. The van der Waals surface area contributed by atoms with Crippen molar-refractivity contribution in [3.63, 3.8) is 0 Å². The van der Waals surface area contributed by atoms with E-state index in [1.165, 1.54) is 5.56 Å².